The summed E-state index contributed by atoms with van der Waals surface area (Å²) in [4.78, 5) is 23.1. The van der Waals surface area contributed by atoms with Gasteiger partial charge in [0.2, 0.25) is 0 Å². The van der Waals surface area contributed by atoms with Crippen LogP contribution in [0.15, 0.2) is 30.5 Å². The Balaban J connectivity index is 2.01. The fraction of sp³-hybridized carbons (Fsp3) is 0.231. The largest absolute Gasteiger partial charge is 0.465 e. The van der Waals surface area contributed by atoms with Crippen LogP contribution in [-0.4, -0.2) is 33.5 Å². The molecule has 1 aromatic heterocycles. The molecule has 0 aliphatic carbocycles. The van der Waals surface area contributed by atoms with E-state index in [4.69, 9.17) is 4.74 Å². The van der Waals surface area contributed by atoms with Gasteiger partial charge in [0.1, 0.15) is 12.4 Å². The molecule has 0 aliphatic rings. The Hall–Kier alpha value is -2.77. The third-order valence-electron chi connectivity index (χ3n) is 2.50. The average Bonchev–Trinajstić information content (AvgIpc) is 2.86. The Morgan fingerprint density at radius 3 is 2.86 bits per heavy atom. The number of nitrogens with one attached hydrogen (secondary N) is 1. The van der Waals surface area contributed by atoms with Crippen LogP contribution in [0.25, 0.3) is 0 Å². The highest BCUT2D eigenvalue weighted by Gasteiger charge is 2.13. The van der Waals surface area contributed by atoms with Crippen molar-refractivity contribution in [3.63, 3.8) is 0 Å². The minimum atomic E-state index is -0.642. The molecule has 0 saturated heterocycles. The molecule has 1 amide bonds. The molecule has 0 spiro atoms. The summed E-state index contributed by atoms with van der Waals surface area (Å²) in [6.07, 6.45) is 1.36. The van der Waals surface area contributed by atoms with Gasteiger partial charge >= 0.3 is 5.97 Å². The molecule has 1 N–H and O–H groups in total. The monoisotopic (exact) mass is 292 g/mol. The van der Waals surface area contributed by atoms with Gasteiger partial charge in [-0.15, -0.1) is 5.10 Å². The van der Waals surface area contributed by atoms with Crippen molar-refractivity contribution in [2.75, 3.05) is 11.9 Å². The average molecular weight is 292 g/mol. The maximum atomic E-state index is 13.4. The van der Waals surface area contributed by atoms with Crippen LogP contribution in [0.1, 0.15) is 17.3 Å². The minimum absolute atomic E-state index is 0.0996. The van der Waals surface area contributed by atoms with Crippen LogP contribution in [0.5, 0.6) is 0 Å². The van der Waals surface area contributed by atoms with Crippen molar-refractivity contribution in [2.45, 2.75) is 13.5 Å². The lowest BCUT2D eigenvalue weighted by Gasteiger charge is -2.02. The standard InChI is InChI=1S/C13H13FN4O3/c1-2-21-12(19)8-18-7-11(16-17-18)15-13(20)9-5-3-4-6-10(9)14/h3-7H,2,8H2,1H3,(H,15,20). The third-order valence-corrected chi connectivity index (χ3v) is 2.50. The molecular formula is C13H13FN4O3. The Bertz CT molecular complexity index is 656. The molecule has 8 heteroatoms. The summed E-state index contributed by atoms with van der Waals surface area (Å²) < 4.78 is 19.4. The van der Waals surface area contributed by atoms with Gasteiger partial charge < -0.3 is 10.1 Å². The molecule has 0 bridgehead atoms. The van der Waals surface area contributed by atoms with Gasteiger partial charge in [-0.1, -0.05) is 17.3 Å². The van der Waals surface area contributed by atoms with E-state index in [1.165, 1.54) is 29.1 Å². The molecular weight excluding hydrogens is 279 g/mol. The van der Waals surface area contributed by atoms with Crippen molar-refractivity contribution < 1.29 is 18.7 Å². The third kappa shape index (κ3) is 3.85. The number of anilines is 1. The van der Waals surface area contributed by atoms with Crippen molar-refractivity contribution in [3.8, 4) is 0 Å². The SMILES string of the molecule is CCOC(=O)Cn1cc(NC(=O)c2ccccc2F)nn1. The molecule has 2 rings (SSSR count). The van der Waals surface area contributed by atoms with Crippen molar-refractivity contribution in [1.29, 1.82) is 0 Å². The summed E-state index contributed by atoms with van der Waals surface area (Å²) in [5, 5.41) is 9.74. The molecule has 1 heterocycles. The van der Waals surface area contributed by atoms with Gasteiger partial charge in [-0.05, 0) is 19.1 Å². The molecule has 2 aromatic rings. The van der Waals surface area contributed by atoms with Crippen molar-refractivity contribution in [1.82, 2.24) is 15.0 Å². The molecule has 0 saturated carbocycles. The van der Waals surface area contributed by atoms with Crippen LogP contribution in [0.3, 0.4) is 0 Å². The first-order valence-corrected chi connectivity index (χ1v) is 6.21. The zero-order valence-electron chi connectivity index (χ0n) is 11.2. The van der Waals surface area contributed by atoms with E-state index in [0.717, 1.165) is 0 Å². The van der Waals surface area contributed by atoms with Crippen molar-refractivity contribution >= 4 is 17.7 Å². The number of halogens is 1. The van der Waals surface area contributed by atoms with Gasteiger partial charge in [0.25, 0.3) is 5.91 Å². The molecule has 0 aliphatic heterocycles. The molecule has 110 valence electrons. The molecule has 1 aromatic carbocycles. The first-order valence-electron chi connectivity index (χ1n) is 6.21. The van der Waals surface area contributed by atoms with Crippen LogP contribution in [-0.2, 0) is 16.1 Å². The van der Waals surface area contributed by atoms with E-state index in [0.29, 0.717) is 0 Å². The number of amides is 1. The number of carbonyl (C=O) groups excluding carboxylic acids is 2. The van der Waals surface area contributed by atoms with Crippen molar-refractivity contribution in [2.24, 2.45) is 0 Å². The van der Waals surface area contributed by atoms with Gasteiger partial charge in [0, 0.05) is 0 Å². The summed E-state index contributed by atoms with van der Waals surface area (Å²) in [5.41, 5.74) is -0.0996. The highest BCUT2D eigenvalue weighted by molar-refractivity contribution is 6.03. The number of hydrogen-bond donors (Lipinski definition) is 1. The molecule has 0 atom stereocenters. The first kappa shape index (κ1) is 14.6. The van der Waals surface area contributed by atoms with Crippen LogP contribution in [0.2, 0.25) is 0 Å². The summed E-state index contributed by atoms with van der Waals surface area (Å²) >= 11 is 0. The highest BCUT2D eigenvalue weighted by atomic mass is 19.1. The fourth-order valence-corrected chi connectivity index (χ4v) is 1.60. The Labute approximate surface area is 119 Å². The van der Waals surface area contributed by atoms with Gasteiger partial charge in [-0.25, -0.2) is 9.07 Å². The topological polar surface area (TPSA) is 86.1 Å². The van der Waals surface area contributed by atoms with E-state index >= 15 is 0 Å². The molecule has 0 unspecified atom stereocenters. The van der Waals surface area contributed by atoms with Crippen LogP contribution >= 0.6 is 0 Å². The summed E-state index contributed by atoms with van der Waals surface area (Å²) in [5.74, 6) is -1.62. The quantitative estimate of drug-likeness (QED) is 0.838. The van der Waals surface area contributed by atoms with Gasteiger partial charge in [0.15, 0.2) is 5.82 Å². The predicted molar refractivity (Wildman–Crippen MR) is 71.0 cm³/mol. The number of hydrogen-bond acceptors (Lipinski definition) is 5. The number of carbonyl (C=O) groups is 2. The van der Waals surface area contributed by atoms with Gasteiger partial charge in [-0.2, -0.15) is 0 Å². The summed E-state index contributed by atoms with van der Waals surface area (Å²) in [6.45, 7) is 1.85. The van der Waals surface area contributed by atoms with Crippen molar-refractivity contribution in [3.05, 3.63) is 41.8 Å². The molecule has 0 radical (unpaired) electrons. The zero-order chi connectivity index (χ0) is 15.2. The zero-order valence-corrected chi connectivity index (χ0v) is 11.2. The second kappa shape index (κ2) is 6.60. The molecule has 7 nitrogen and oxygen atoms in total. The van der Waals surface area contributed by atoms with E-state index in [2.05, 4.69) is 15.6 Å². The summed E-state index contributed by atoms with van der Waals surface area (Å²) in [6, 6.07) is 5.58. The maximum Gasteiger partial charge on any atom is 0.327 e. The smallest absolute Gasteiger partial charge is 0.327 e. The van der Waals surface area contributed by atoms with E-state index in [1.807, 2.05) is 0 Å². The Morgan fingerprint density at radius 2 is 2.14 bits per heavy atom. The van der Waals surface area contributed by atoms with E-state index in [9.17, 15) is 14.0 Å². The Kier molecular flexibility index (Phi) is 4.60. The lowest BCUT2D eigenvalue weighted by Crippen LogP contribution is -2.14. The lowest BCUT2D eigenvalue weighted by atomic mass is 10.2. The van der Waals surface area contributed by atoms with Crippen LogP contribution in [0.4, 0.5) is 10.2 Å². The van der Waals surface area contributed by atoms with Gasteiger partial charge in [-0.3, -0.25) is 9.59 Å². The minimum Gasteiger partial charge on any atom is -0.465 e. The highest BCUT2D eigenvalue weighted by Crippen LogP contribution is 2.09. The lowest BCUT2D eigenvalue weighted by molar-refractivity contribution is -0.144. The Morgan fingerprint density at radius 1 is 1.38 bits per heavy atom. The normalized spacial score (nSPS) is 10.2. The second-order valence-corrected chi connectivity index (χ2v) is 4.04. The van der Waals surface area contributed by atoms with E-state index in [-0.39, 0.29) is 24.5 Å². The van der Waals surface area contributed by atoms with Crippen LogP contribution < -0.4 is 5.32 Å². The van der Waals surface area contributed by atoms with E-state index < -0.39 is 17.7 Å². The van der Waals surface area contributed by atoms with Crippen LogP contribution in [0, 0.1) is 5.82 Å². The molecule has 21 heavy (non-hydrogen) atoms. The number of esters is 1. The van der Waals surface area contributed by atoms with Gasteiger partial charge in [0.05, 0.1) is 18.4 Å². The second-order valence-electron chi connectivity index (χ2n) is 4.04. The number of nitrogens with zero attached hydrogens (tertiary/aromatic N) is 3. The predicted octanol–water partition coefficient (Wildman–Crippen LogP) is 1.23. The fourth-order valence-electron chi connectivity index (χ4n) is 1.60. The van der Waals surface area contributed by atoms with E-state index in [1.54, 1.807) is 13.0 Å². The molecule has 0 fully saturated rings. The number of aromatic nitrogens is 3. The number of benzene rings is 1. The maximum absolute atomic E-state index is 13.4. The first-order chi connectivity index (χ1) is 10.1. The number of ether oxygens (including phenoxy) is 1. The number of rotatable bonds is 5. The summed E-state index contributed by atoms with van der Waals surface area (Å²) in [7, 11) is 0.